The minimum Gasteiger partial charge on any atom is -0.382 e. The average Bonchev–Trinajstić information content (AvgIpc) is 2.16. The van der Waals surface area contributed by atoms with E-state index in [0.717, 1.165) is 17.7 Å². The summed E-state index contributed by atoms with van der Waals surface area (Å²) in [5, 5.41) is 3.34. The maximum Gasteiger partial charge on any atom is 0.225 e. The van der Waals surface area contributed by atoms with Crippen molar-refractivity contribution in [2.24, 2.45) is 5.73 Å². The molecule has 1 amide bonds. The standard InChI is InChI=1S/C11H14N2O.ClH/c1-7-6-9(11(12)14)8-4-2-3-5-10(8)13-7;/h2-5,7,9,13H,6H2,1H3,(H2,12,14);1H. The molecule has 1 heterocycles. The Labute approximate surface area is 95.5 Å². The zero-order chi connectivity index (χ0) is 10.1. The van der Waals surface area contributed by atoms with Gasteiger partial charge in [0.05, 0.1) is 5.92 Å². The summed E-state index contributed by atoms with van der Waals surface area (Å²) in [6.45, 7) is 2.06. The SMILES string of the molecule is CC1CC(C(N)=O)c2ccccc2N1.Cl. The van der Waals surface area contributed by atoms with Crippen molar-refractivity contribution < 1.29 is 4.79 Å². The molecule has 1 aliphatic heterocycles. The lowest BCUT2D eigenvalue weighted by atomic mass is 9.87. The third kappa shape index (κ3) is 2.23. The number of benzene rings is 1. The fourth-order valence-corrected chi connectivity index (χ4v) is 2.01. The van der Waals surface area contributed by atoms with Crippen molar-refractivity contribution in [3.63, 3.8) is 0 Å². The summed E-state index contributed by atoms with van der Waals surface area (Å²) in [5.74, 6) is -0.367. The molecule has 2 unspecified atom stereocenters. The Hall–Kier alpha value is -1.22. The van der Waals surface area contributed by atoms with Crippen molar-refractivity contribution in [2.45, 2.75) is 25.3 Å². The first-order chi connectivity index (χ1) is 6.68. The van der Waals surface area contributed by atoms with Crippen molar-refractivity contribution in [3.8, 4) is 0 Å². The minimum atomic E-state index is -0.231. The lowest BCUT2D eigenvalue weighted by molar-refractivity contribution is -0.119. The summed E-state index contributed by atoms with van der Waals surface area (Å²) >= 11 is 0. The van der Waals surface area contributed by atoms with Gasteiger partial charge in [-0.2, -0.15) is 0 Å². The smallest absolute Gasteiger partial charge is 0.225 e. The molecule has 15 heavy (non-hydrogen) atoms. The van der Waals surface area contributed by atoms with Crippen LogP contribution >= 0.6 is 12.4 Å². The molecule has 1 aromatic rings. The number of nitrogens with two attached hydrogens (primary N) is 1. The van der Waals surface area contributed by atoms with Crippen molar-refractivity contribution >= 4 is 24.0 Å². The van der Waals surface area contributed by atoms with Crippen LogP contribution in [0.15, 0.2) is 24.3 Å². The van der Waals surface area contributed by atoms with Crippen LogP contribution in [0.3, 0.4) is 0 Å². The van der Waals surface area contributed by atoms with E-state index >= 15 is 0 Å². The van der Waals surface area contributed by atoms with Crippen molar-refractivity contribution in [1.29, 1.82) is 0 Å². The van der Waals surface area contributed by atoms with E-state index in [2.05, 4.69) is 12.2 Å². The number of rotatable bonds is 1. The van der Waals surface area contributed by atoms with Gasteiger partial charge in [-0.05, 0) is 25.0 Å². The summed E-state index contributed by atoms with van der Waals surface area (Å²) in [7, 11) is 0. The maximum absolute atomic E-state index is 11.3. The van der Waals surface area contributed by atoms with Gasteiger partial charge in [0.25, 0.3) is 0 Å². The lowest BCUT2D eigenvalue weighted by Crippen LogP contribution is -2.32. The second-order valence-electron chi connectivity index (χ2n) is 3.82. The summed E-state index contributed by atoms with van der Waals surface area (Å²) in [6.07, 6.45) is 0.784. The zero-order valence-electron chi connectivity index (χ0n) is 8.57. The van der Waals surface area contributed by atoms with E-state index in [-0.39, 0.29) is 24.2 Å². The van der Waals surface area contributed by atoms with Crippen LogP contribution in [0.1, 0.15) is 24.8 Å². The third-order valence-electron chi connectivity index (χ3n) is 2.67. The third-order valence-corrected chi connectivity index (χ3v) is 2.67. The maximum atomic E-state index is 11.3. The highest BCUT2D eigenvalue weighted by Crippen LogP contribution is 2.33. The molecule has 1 aromatic carbocycles. The van der Waals surface area contributed by atoms with Crippen molar-refractivity contribution in [1.82, 2.24) is 0 Å². The Morgan fingerprint density at radius 1 is 1.47 bits per heavy atom. The number of hydrogen-bond acceptors (Lipinski definition) is 2. The van der Waals surface area contributed by atoms with E-state index in [1.165, 1.54) is 0 Å². The molecule has 3 nitrogen and oxygen atoms in total. The van der Waals surface area contributed by atoms with Gasteiger partial charge in [0.1, 0.15) is 0 Å². The van der Waals surface area contributed by atoms with Crippen molar-refractivity contribution in [3.05, 3.63) is 29.8 Å². The first-order valence-electron chi connectivity index (χ1n) is 4.83. The van der Waals surface area contributed by atoms with Crippen LogP contribution in [-0.2, 0) is 4.79 Å². The summed E-state index contributed by atoms with van der Waals surface area (Å²) in [5.41, 5.74) is 7.44. The molecule has 4 heteroatoms. The predicted octanol–water partition coefficient (Wildman–Crippen LogP) is 1.88. The Morgan fingerprint density at radius 3 is 2.80 bits per heavy atom. The number of carbonyl (C=O) groups is 1. The van der Waals surface area contributed by atoms with Gasteiger partial charge < -0.3 is 11.1 Å². The molecule has 2 rings (SSSR count). The first-order valence-corrected chi connectivity index (χ1v) is 4.83. The van der Waals surface area contributed by atoms with E-state index in [1.54, 1.807) is 0 Å². The number of para-hydroxylation sites is 1. The molecule has 2 atom stereocenters. The molecule has 82 valence electrons. The minimum absolute atomic E-state index is 0. The molecule has 3 N–H and O–H groups in total. The molecule has 0 radical (unpaired) electrons. The second kappa shape index (κ2) is 4.53. The second-order valence-corrected chi connectivity index (χ2v) is 3.82. The van der Waals surface area contributed by atoms with Gasteiger partial charge in [-0.25, -0.2) is 0 Å². The molecule has 0 aliphatic carbocycles. The first kappa shape index (κ1) is 11.9. The molecule has 1 aliphatic rings. The molecule has 0 saturated heterocycles. The Morgan fingerprint density at radius 2 is 2.13 bits per heavy atom. The van der Waals surface area contributed by atoms with Gasteiger partial charge in [-0.3, -0.25) is 4.79 Å². The zero-order valence-corrected chi connectivity index (χ0v) is 9.38. The number of nitrogens with one attached hydrogen (secondary N) is 1. The van der Waals surface area contributed by atoms with Gasteiger partial charge in [0, 0.05) is 11.7 Å². The largest absolute Gasteiger partial charge is 0.382 e. The van der Waals surface area contributed by atoms with Crippen molar-refractivity contribution in [2.75, 3.05) is 5.32 Å². The number of anilines is 1. The van der Waals surface area contributed by atoms with Gasteiger partial charge in [0.15, 0.2) is 0 Å². The van der Waals surface area contributed by atoms with Crippen LogP contribution < -0.4 is 11.1 Å². The molecule has 0 aromatic heterocycles. The monoisotopic (exact) mass is 226 g/mol. The van der Waals surface area contributed by atoms with Crippen LogP contribution in [0.2, 0.25) is 0 Å². The lowest BCUT2D eigenvalue weighted by Gasteiger charge is -2.29. The van der Waals surface area contributed by atoms with Crippen LogP contribution in [0.25, 0.3) is 0 Å². The molecular weight excluding hydrogens is 212 g/mol. The summed E-state index contributed by atoms with van der Waals surface area (Å²) in [6, 6.07) is 8.15. The normalized spacial score (nSPS) is 23.3. The van der Waals surface area contributed by atoms with E-state index in [1.807, 2.05) is 24.3 Å². The highest BCUT2D eigenvalue weighted by atomic mass is 35.5. The quantitative estimate of drug-likeness (QED) is 0.768. The molecule has 0 bridgehead atoms. The fraction of sp³-hybridized carbons (Fsp3) is 0.364. The number of primary amides is 1. The molecular formula is C11H15ClN2O. The van der Waals surface area contributed by atoms with Crippen LogP contribution in [0, 0.1) is 0 Å². The topological polar surface area (TPSA) is 55.1 Å². The van der Waals surface area contributed by atoms with Gasteiger partial charge in [-0.15, -0.1) is 12.4 Å². The number of amides is 1. The Balaban J connectivity index is 0.00000112. The van der Waals surface area contributed by atoms with Crippen LogP contribution in [0.5, 0.6) is 0 Å². The van der Waals surface area contributed by atoms with E-state index in [4.69, 9.17) is 5.73 Å². The highest BCUT2D eigenvalue weighted by Gasteiger charge is 2.27. The number of hydrogen-bond donors (Lipinski definition) is 2. The predicted molar refractivity (Wildman–Crippen MR) is 63.3 cm³/mol. The molecule has 0 spiro atoms. The number of fused-ring (bicyclic) bond motifs is 1. The number of halogens is 1. The molecule has 0 fully saturated rings. The molecule has 0 saturated carbocycles. The van der Waals surface area contributed by atoms with Crippen LogP contribution in [0.4, 0.5) is 5.69 Å². The van der Waals surface area contributed by atoms with E-state index in [0.29, 0.717) is 6.04 Å². The van der Waals surface area contributed by atoms with Gasteiger partial charge >= 0.3 is 0 Å². The highest BCUT2D eigenvalue weighted by molar-refractivity contribution is 5.85. The average molecular weight is 227 g/mol. The van der Waals surface area contributed by atoms with Gasteiger partial charge in [-0.1, -0.05) is 18.2 Å². The van der Waals surface area contributed by atoms with E-state index < -0.39 is 0 Å². The fourth-order valence-electron chi connectivity index (χ4n) is 2.01. The Kier molecular flexibility index (Phi) is 3.58. The van der Waals surface area contributed by atoms with Gasteiger partial charge in [0.2, 0.25) is 5.91 Å². The van der Waals surface area contributed by atoms with E-state index in [9.17, 15) is 4.79 Å². The summed E-state index contributed by atoms with van der Waals surface area (Å²) in [4.78, 5) is 11.3. The summed E-state index contributed by atoms with van der Waals surface area (Å²) < 4.78 is 0. The Bertz CT molecular complexity index is 367. The number of carbonyl (C=O) groups excluding carboxylic acids is 1. The van der Waals surface area contributed by atoms with Crippen LogP contribution in [-0.4, -0.2) is 11.9 Å².